The number of anilines is 2. The van der Waals surface area contributed by atoms with E-state index in [0.717, 1.165) is 24.2 Å². The number of nitrogens with zero attached hydrogens (tertiary/aromatic N) is 5. The smallest absolute Gasteiger partial charge is 0.248 e. The molecule has 27 heavy (non-hydrogen) atoms. The van der Waals surface area contributed by atoms with Crippen LogP contribution in [0.4, 0.5) is 11.5 Å². The summed E-state index contributed by atoms with van der Waals surface area (Å²) in [4.78, 5) is 26.7. The molecule has 1 saturated heterocycles. The monoisotopic (exact) mass is 367 g/mol. The Morgan fingerprint density at radius 2 is 2.22 bits per heavy atom. The summed E-state index contributed by atoms with van der Waals surface area (Å²) in [7, 11) is 0. The number of piperidine rings is 1. The first-order valence-corrected chi connectivity index (χ1v) is 8.85. The fraction of sp³-hybridized carbons (Fsp3) is 0.333. The number of carbonyl (C=O) groups excluding carboxylic acids is 1. The van der Waals surface area contributed by atoms with Gasteiger partial charge in [0.1, 0.15) is 23.8 Å². The van der Waals surface area contributed by atoms with E-state index in [1.807, 2.05) is 10.5 Å². The molecule has 4 N–H and O–H groups in total. The van der Waals surface area contributed by atoms with Crippen molar-refractivity contribution in [1.29, 1.82) is 0 Å². The lowest BCUT2D eigenvalue weighted by atomic mass is 10.1. The lowest BCUT2D eigenvalue weighted by Gasteiger charge is -2.33. The Bertz CT molecular complexity index is 971. The number of aliphatic hydroxyl groups excluding tert-OH is 1. The van der Waals surface area contributed by atoms with E-state index in [9.17, 15) is 4.79 Å². The van der Waals surface area contributed by atoms with Crippen LogP contribution in [0, 0.1) is 0 Å². The fourth-order valence-electron chi connectivity index (χ4n) is 3.36. The molecule has 140 valence electrons. The number of fused-ring (bicyclic) bond motifs is 1. The molecule has 1 atom stereocenters. The van der Waals surface area contributed by atoms with Crippen molar-refractivity contribution < 1.29 is 9.90 Å². The largest absolute Gasteiger partial charge is 0.398 e. The molecule has 4 rings (SSSR count). The first-order valence-electron chi connectivity index (χ1n) is 8.85. The SMILES string of the molecule is Nc1ccc2ncc(-c3nccc(NC4CCCN(C(=O)CO)C4)n3)n2c1. The van der Waals surface area contributed by atoms with E-state index in [1.54, 1.807) is 35.6 Å². The third kappa shape index (κ3) is 3.54. The first kappa shape index (κ1) is 17.2. The van der Waals surface area contributed by atoms with Crippen molar-refractivity contribution in [2.45, 2.75) is 18.9 Å². The number of nitrogens with one attached hydrogen (secondary N) is 1. The van der Waals surface area contributed by atoms with Crippen molar-refractivity contribution in [3.8, 4) is 11.5 Å². The van der Waals surface area contributed by atoms with Gasteiger partial charge in [-0.1, -0.05) is 0 Å². The van der Waals surface area contributed by atoms with E-state index >= 15 is 0 Å². The maximum absolute atomic E-state index is 11.7. The predicted octanol–water partition coefficient (Wildman–Crippen LogP) is 0.769. The van der Waals surface area contributed by atoms with Gasteiger partial charge in [0.25, 0.3) is 0 Å². The molecule has 1 aliphatic heterocycles. The van der Waals surface area contributed by atoms with Crippen LogP contribution in [0.3, 0.4) is 0 Å². The van der Waals surface area contributed by atoms with Gasteiger partial charge in [-0.25, -0.2) is 15.0 Å². The van der Waals surface area contributed by atoms with Gasteiger partial charge in [0.2, 0.25) is 5.91 Å². The van der Waals surface area contributed by atoms with Crippen LogP contribution in [0.5, 0.6) is 0 Å². The fourth-order valence-corrected chi connectivity index (χ4v) is 3.36. The van der Waals surface area contributed by atoms with Crippen LogP contribution in [-0.2, 0) is 4.79 Å². The first-order chi connectivity index (χ1) is 13.1. The molecule has 1 unspecified atom stereocenters. The van der Waals surface area contributed by atoms with E-state index in [1.165, 1.54) is 0 Å². The number of hydrogen-bond acceptors (Lipinski definition) is 7. The van der Waals surface area contributed by atoms with Gasteiger partial charge in [-0.15, -0.1) is 0 Å². The standard InChI is InChI=1S/C18H21N7O2/c19-12-3-4-16-21-8-14(25(16)9-12)18-20-6-5-15(23-18)22-13-2-1-7-24(10-13)17(27)11-26/h3-6,8-9,13,26H,1-2,7,10-11,19H2,(H,20,22,23). The Kier molecular flexibility index (Phi) is 4.59. The van der Waals surface area contributed by atoms with E-state index in [4.69, 9.17) is 10.8 Å². The Morgan fingerprint density at radius 1 is 1.33 bits per heavy atom. The third-order valence-electron chi connectivity index (χ3n) is 4.67. The molecule has 0 aliphatic carbocycles. The zero-order valence-electron chi connectivity index (χ0n) is 14.7. The maximum Gasteiger partial charge on any atom is 0.248 e. The number of rotatable bonds is 4. The Morgan fingerprint density at radius 3 is 3.07 bits per heavy atom. The lowest BCUT2D eigenvalue weighted by Crippen LogP contribution is -2.46. The molecular weight excluding hydrogens is 346 g/mol. The van der Waals surface area contributed by atoms with Crippen molar-refractivity contribution in [2.75, 3.05) is 30.7 Å². The van der Waals surface area contributed by atoms with Crippen LogP contribution in [0.2, 0.25) is 0 Å². The highest BCUT2D eigenvalue weighted by atomic mass is 16.3. The number of pyridine rings is 1. The van der Waals surface area contributed by atoms with E-state index in [0.29, 0.717) is 30.4 Å². The highest BCUT2D eigenvalue weighted by molar-refractivity contribution is 5.77. The molecule has 0 saturated carbocycles. The molecule has 4 heterocycles. The Labute approximate surface area is 155 Å². The van der Waals surface area contributed by atoms with Crippen molar-refractivity contribution in [3.63, 3.8) is 0 Å². The summed E-state index contributed by atoms with van der Waals surface area (Å²) in [6.07, 6.45) is 7.02. The zero-order valence-corrected chi connectivity index (χ0v) is 14.7. The van der Waals surface area contributed by atoms with E-state index in [2.05, 4.69) is 20.3 Å². The molecule has 0 radical (unpaired) electrons. The highest BCUT2D eigenvalue weighted by Crippen LogP contribution is 2.21. The molecular formula is C18H21N7O2. The van der Waals surface area contributed by atoms with Gasteiger partial charge >= 0.3 is 0 Å². The van der Waals surface area contributed by atoms with Gasteiger partial charge in [0, 0.05) is 37.2 Å². The number of carbonyl (C=O) groups is 1. The minimum Gasteiger partial charge on any atom is -0.398 e. The van der Waals surface area contributed by atoms with Crippen LogP contribution in [0.25, 0.3) is 17.2 Å². The number of imidazole rings is 1. The zero-order chi connectivity index (χ0) is 18.8. The molecule has 0 bridgehead atoms. The topological polar surface area (TPSA) is 122 Å². The van der Waals surface area contributed by atoms with Gasteiger partial charge in [-0.2, -0.15) is 0 Å². The van der Waals surface area contributed by atoms with Crippen molar-refractivity contribution in [2.24, 2.45) is 0 Å². The Hall–Kier alpha value is -3.20. The second kappa shape index (κ2) is 7.20. The van der Waals surface area contributed by atoms with Crippen LogP contribution in [-0.4, -0.2) is 61.0 Å². The predicted molar refractivity (Wildman–Crippen MR) is 101 cm³/mol. The summed E-state index contributed by atoms with van der Waals surface area (Å²) >= 11 is 0. The Balaban J connectivity index is 1.56. The molecule has 3 aromatic heterocycles. The highest BCUT2D eigenvalue weighted by Gasteiger charge is 2.23. The van der Waals surface area contributed by atoms with Gasteiger partial charge in [0.05, 0.1) is 6.20 Å². The van der Waals surface area contributed by atoms with Gasteiger partial charge < -0.3 is 21.1 Å². The molecule has 1 aliphatic rings. The van der Waals surface area contributed by atoms with Crippen molar-refractivity contribution in [3.05, 3.63) is 36.8 Å². The number of aliphatic hydroxyl groups is 1. The number of nitrogens with two attached hydrogens (primary N) is 1. The maximum atomic E-state index is 11.7. The van der Waals surface area contributed by atoms with Crippen LogP contribution >= 0.6 is 0 Å². The molecule has 0 spiro atoms. The van der Waals surface area contributed by atoms with Crippen molar-refractivity contribution in [1.82, 2.24) is 24.3 Å². The molecule has 9 heteroatoms. The summed E-state index contributed by atoms with van der Waals surface area (Å²) in [5, 5.41) is 12.4. The molecule has 3 aromatic rings. The van der Waals surface area contributed by atoms with Gasteiger partial charge in [-0.3, -0.25) is 9.20 Å². The minimum absolute atomic E-state index is 0.0785. The molecule has 9 nitrogen and oxygen atoms in total. The second-order valence-corrected chi connectivity index (χ2v) is 6.58. The second-order valence-electron chi connectivity index (χ2n) is 6.58. The summed E-state index contributed by atoms with van der Waals surface area (Å²) < 4.78 is 1.86. The average molecular weight is 367 g/mol. The normalized spacial score (nSPS) is 17.2. The van der Waals surface area contributed by atoms with Crippen molar-refractivity contribution >= 4 is 23.1 Å². The van der Waals surface area contributed by atoms with E-state index < -0.39 is 6.61 Å². The third-order valence-corrected chi connectivity index (χ3v) is 4.67. The number of nitrogen functional groups attached to an aromatic ring is 1. The summed E-state index contributed by atoms with van der Waals surface area (Å²) in [5.74, 6) is 0.979. The number of amides is 1. The molecule has 1 fully saturated rings. The number of aromatic nitrogens is 4. The summed E-state index contributed by atoms with van der Waals surface area (Å²) in [6, 6.07) is 5.52. The lowest BCUT2D eigenvalue weighted by molar-refractivity contribution is -0.135. The van der Waals surface area contributed by atoms with Gasteiger partial charge in [-0.05, 0) is 31.0 Å². The van der Waals surface area contributed by atoms with Crippen LogP contribution < -0.4 is 11.1 Å². The molecule has 0 aromatic carbocycles. The number of hydrogen-bond donors (Lipinski definition) is 3. The minimum atomic E-state index is -0.457. The quantitative estimate of drug-likeness (QED) is 0.622. The average Bonchev–Trinajstić information content (AvgIpc) is 3.11. The summed E-state index contributed by atoms with van der Waals surface area (Å²) in [6.45, 7) is 0.766. The summed E-state index contributed by atoms with van der Waals surface area (Å²) in [5.41, 5.74) is 8.03. The van der Waals surface area contributed by atoms with Crippen LogP contribution in [0.15, 0.2) is 36.8 Å². The van der Waals surface area contributed by atoms with Gasteiger partial charge in [0.15, 0.2) is 5.82 Å². The number of likely N-dealkylation sites (tertiary alicyclic amines) is 1. The molecule has 1 amide bonds. The van der Waals surface area contributed by atoms with E-state index in [-0.39, 0.29) is 11.9 Å². The van der Waals surface area contributed by atoms with Crippen LogP contribution in [0.1, 0.15) is 12.8 Å².